The molecular formula is C15H14ClFN2O. The highest BCUT2D eigenvalue weighted by Crippen LogP contribution is 2.21. The topological polar surface area (TPSA) is 55.1 Å². The van der Waals surface area contributed by atoms with E-state index < -0.39 is 11.7 Å². The molecule has 0 saturated carbocycles. The van der Waals surface area contributed by atoms with Crippen molar-refractivity contribution in [3.05, 3.63) is 64.4 Å². The molecule has 0 bridgehead atoms. The number of amides is 1. The molecule has 0 heterocycles. The van der Waals surface area contributed by atoms with Crippen molar-refractivity contribution in [3.63, 3.8) is 0 Å². The van der Waals surface area contributed by atoms with Gasteiger partial charge in [0.25, 0.3) is 0 Å². The number of nitrogens with one attached hydrogen (secondary N) is 1. The molecule has 0 aliphatic rings. The Morgan fingerprint density at radius 1 is 1.15 bits per heavy atom. The second-order valence-corrected chi connectivity index (χ2v) is 4.77. The number of nitrogens with two attached hydrogens (primary N) is 1. The molecule has 0 saturated heterocycles. The summed E-state index contributed by atoms with van der Waals surface area (Å²) in [7, 11) is 0. The molecule has 3 N–H and O–H groups in total. The van der Waals surface area contributed by atoms with Gasteiger partial charge < -0.3 is 11.1 Å². The lowest BCUT2D eigenvalue weighted by molar-refractivity contribution is -0.117. The summed E-state index contributed by atoms with van der Waals surface area (Å²) in [5.41, 5.74) is 7.20. The molecule has 0 aliphatic carbocycles. The zero-order valence-electron chi connectivity index (χ0n) is 10.7. The Morgan fingerprint density at radius 2 is 1.85 bits per heavy atom. The van der Waals surface area contributed by atoms with E-state index in [2.05, 4.69) is 5.32 Å². The van der Waals surface area contributed by atoms with Gasteiger partial charge >= 0.3 is 0 Å². The first-order valence-corrected chi connectivity index (χ1v) is 6.48. The Bertz CT molecular complexity index is 631. The smallest absolute Gasteiger partial charge is 0.221 e. The maximum Gasteiger partial charge on any atom is 0.221 e. The maximum absolute atomic E-state index is 13.8. The van der Waals surface area contributed by atoms with E-state index in [0.717, 1.165) is 11.3 Å². The van der Waals surface area contributed by atoms with Crippen LogP contribution < -0.4 is 11.1 Å². The summed E-state index contributed by atoms with van der Waals surface area (Å²) in [5.74, 6) is -0.845. The van der Waals surface area contributed by atoms with E-state index in [1.54, 1.807) is 18.2 Å². The number of carbonyl (C=O) groups excluding carboxylic acids is 1. The molecule has 2 aromatic rings. The molecule has 0 spiro atoms. The highest BCUT2D eigenvalue weighted by molar-refractivity contribution is 6.30. The number of primary amides is 1. The highest BCUT2D eigenvalue weighted by Gasteiger charge is 2.08. The molecule has 104 valence electrons. The third-order valence-corrected chi connectivity index (χ3v) is 3.17. The zero-order valence-corrected chi connectivity index (χ0v) is 11.5. The molecule has 3 nitrogen and oxygen atoms in total. The van der Waals surface area contributed by atoms with Crippen LogP contribution >= 0.6 is 11.6 Å². The van der Waals surface area contributed by atoms with Gasteiger partial charge in [0.1, 0.15) is 5.82 Å². The summed E-state index contributed by atoms with van der Waals surface area (Å²) in [6, 6.07) is 12.1. The predicted octanol–water partition coefficient (Wildman–Crippen LogP) is 3.12. The van der Waals surface area contributed by atoms with E-state index in [-0.39, 0.29) is 18.0 Å². The lowest BCUT2D eigenvalue weighted by atomic mass is 10.1. The molecule has 0 atom stereocenters. The minimum absolute atomic E-state index is 0.0923. The Kier molecular flexibility index (Phi) is 4.58. The van der Waals surface area contributed by atoms with Gasteiger partial charge in [-0.15, -0.1) is 0 Å². The van der Waals surface area contributed by atoms with Crippen molar-refractivity contribution >= 4 is 23.2 Å². The van der Waals surface area contributed by atoms with Crippen LogP contribution in [0.15, 0.2) is 42.5 Å². The predicted molar refractivity (Wildman–Crippen MR) is 78.1 cm³/mol. The van der Waals surface area contributed by atoms with Crippen LogP contribution in [-0.4, -0.2) is 5.91 Å². The van der Waals surface area contributed by atoms with Crippen LogP contribution in [0.2, 0.25) is 5.02 Å². The Balaban J connectivity index is 2.15. The summed E-state index contributed by atoms with van der Waals surface area (Å²) in [5, 5.41) is 3.19. The summed E-state index contributed by atoms with van der Waals surface area (Å²) < 4.78 is 13.8. The van der Waals surface area contributed by atoms with Crippen LogP contribution in [0.4, 0.5) is 10.1 Å². The van der Waals surface area contributed by atoms with Crippen molar-refractivity contribution in [2.45, 2.75) is 13.0 Å². The molecule has 0 aliphatic heterocycles. The van der Waals surface area contributed by atoms with Gasteiger partial charge in [0.05, 0.1) is 11.4 Å². The average molecular weight is 293 g/mol. The first-order chi connectivity index (χ1) is 9.58. The number of hydrogen-bond donors (Lipinski definition) is 2. The van der Waals surface area contributed by atoms with Crippen molar-refractivity contribution < 1.29 is 9.18 Å². The maximum atomic E-state index is 13.8. The third kappa shape index (κ3) is 3.48. The van der Waals surface area contributed by atoms with Gasteiger partial charge in [-0.3, -0.25) is 4.79 Å². The van der Waals surface area contributed by atoms with Gasteiger partial charge in [-0.25, -0.2) is 4.39 Å². The van der Waals surface area contributed by atoms with Crippen LogP contribution in [-0.2, 0) is 17.8 Å². The number of carbonyl (C=O) groups is 1. The second-order valence-electron chi connectivity index (χ2n) is 4.37. The first-order valence-electron chi connectivity index (χ1n) is 6.11. The fourth-order valence-electron chi connectivity index (χ4n) is 1.91. The molecule has 2 rings (SSSR count). The zero-order chi connectivity index (χ0) is 14.5. The van der Waals surface area contributed by atoms with Crippen molar-refractivity contribution in [1.29, 1.82) is 0 Å². The van der Waals surface area contributed by atoms with Crippen molar-refractivity contribution in [3.8, 4) is 0 Å². The van der Waals surface area contributed by atoms with Crippen LogP contribution in [0.3, 0.4) is 0 Å². The number of para-hydroxylation sites is 1. The van der Waals surface area contributed by atoms with Crippen LogP contribution in [0.5, 0.6) is 0 Å². The minimum atomic E-state index is -0.436. The quantitative estimate of drug-likeness (QED) is 0.889. The van der Waals surface area contributed by atoms with Gasteiger partial charge in [-0.05, 0) is 17.7 Å². The Labute approximate surface area is 121 Å². The Hall–Kier alpha value is -2.07. The third-order valence-electron chi connectivity index (χ3n) is 2.88. The second kappa shape index (κ2) is 6.39. The normalized spacial score (nSPS) is 10.3. The monoisotopic (exact) mass is 292 g/mol. The van der Waals surface area contributed by atoms with Crippen molar-refractivity contribution in [2.75, 3.05) is 5.32 Å². The molecule has 0 unspecified atom stereocenters. The highest BCUT2D eigenvalue weighted by atomic mass is 35.5. The standard InChI is InChI=1S/C15H14ClFN2O/c16-12-6-3-5-11(15(12)17)9-19-13-7-2-1-4-10(13)8-14(18)20/h1-7,19H,8-9H2,(H2,18,20). The first kappa shape index (κ1) is 14.3. The van der Waals surface area contributed by atoms with Crippen LogP contribution in [0.25, 0.3) is 0 Å². The summed E-state index contributed by atoms with van der Waals surface area (Å²) in [6.07, 6.45) is 0.140. The van der Waals surface area contributed by atoms with Crippen LogP contribution in [0.1, 0.15) is 11.1 Å². The average Bonchev–Trinajstić information content (AvgIpc) is 2.41. The summed E-state index contributed by atoms with van der Waals surface area (Å²) >= 11 is 5.73. The molecular weight excluding hydrogens is 279 g/mol. The van der Waals surface area contributed by atoms with Gasteiger partial charge in [0.2, 0.25) is 5.91 Å². The van der Waals surface area contributed by atoms with E-state index in [0.29, 0.717) is 5.56 Å². The number of benzene rings is 2. The molecule has 0 aromatic heterocycles. The molecule has 0 fully saturated rings. The summed E-state index contributed by atoms with van der Waals surface area (Å²) in [4.78, 5) is 11.0. The van der Waals surface area contributed by atoms with Gasteiger partial charge in [-0.2, -0.15) is 0 Å². The number of hydrogen-bond acceptors (Lipinski definition) is 2. The largest absolute Gasteiger partial charge is 0.381 e. The van der Waals surface area contributed by atoms with Crippen molar-refractivity contribution in [1.82, 2.24) is 0 Å². The van der Waals surface area contributed by atoms with E-state index >= 15 is 0 Å². The van der Waals surface area contributed by atoms with Crippen molar-refractivity contribution in [2.24, 2.45) is 5.73 Å². The van der Waals surface area contributed by atoms with E-state index in [1.165, 1.54) is 6.07 Å². The van der Waals surface area contributed by atoms with E-state index in [4.69, 9.17) is 17.3 Å². The van der Waals surface area contributed by atoms with Crippen LogP contribution in [0, 0.1) is 5.82 Å². The van der Waals surface area contributed by atoms with Gasteiger partial charge in [0, 0.05) is 17.8 Å². The van der Waals surface area contributed by atoms with Gasteiger partial charge in [0.15, 0.2) is 0 Å². The number of anilines is 1. The number of rotatable bonds is 5. The summed E-state index contributed by atoms with van der Waals surface area (Å²) in [6.45, 7) is 0.280. The van der Waals surface area contributed by atoms with E-state index in [9.17, 15) is 9.18 Å². The lowest BCUT2D eigenvalue weighted by Gasteiger charge is -2.12. The lowest BCUT2D eigenvalue weighted by Crippen LogP contribution is -2.15. The molecule has 5 heteroatoms. The fraction of sp³-hybridized carbons (Fsp3) is 0.133. The van der Waals surface area contributed by atoms with Gasteiger partial charge in [-0.1, -0.05) is 41.9 Å². The molecule has 20 heavy (non-hydrogen) atoms. The molecule has 2 aromatic carbocycles. The SMILES string of the molecule is NC(=O)Cc1ccccc1NCc1cccc(Cl)c1F. The number of halogens is 2. The molecule has 0 radical (unpaired) electrons. The molecule has 1 amide bonds. The minimum Gasteiger partial charge on any atom is -0.381 e. The fourth-order valence-corrected chi connectivity index (χ4v) is 2.10. The van der Waals surface area contributed by atoms with E-state index in [1.807, 2.05) is 18.2 Å². The Morgan fingerprint density at radius 3 is 2.60 bits per heavy atom.